The van der Waals surface area contributed by atoms with Crippen LogP contribution >= 0.6 is 23.4 Å². The van der Waals surface area contributed by atoms with Gasteiger partial charge in [0, 0.05) is 15.5 Å². The van der Waals surface area contributed by atoms with E-state index < -0.39 is 0 Å². The van der Waals surface area contributed by atoms with Gasteiger partial charge in [0.05, 0.1) is 12.0 Å². The number of benzene rings is 2. The first kappa shape index (κ1) is 17.3. The van der Waals surface area contributed by atoms with Crippen molar-refractivity contribution in [2.45, 2.75) is 4.90 Å². The maximum atomic E-state index is 11.8. The summed E-state index contributed by atoms with van der Waals surface area (Å²) in [4.78, 5) is 12.8. The lowest BCUT2D eigenvalue weighted by molar-refractivity contribution is -0.118. The van der Waals surface area contributed by atoms with Crippen LogP contribution in [0.15, 0.2) is 81.1 Å². The smallest absolute Gasteiger partial charge is 0.250 e. The summed E-state index contributed by atoms with van der Waals surface area (Å²) in [5, 5.41) is 4.60. The normalized spacial score (nSPS) is 10.9. The van der Waals surface area contributed by atoms with Crippen molar-refractivity contribution < 1.29 is 9.21 Å². The maximum absolute atomic E-state index is 11.8. The van der Waals surface area contributed by atoms with Crippen LogP contribution in [0.3, 0.4) is 0 Å². The summed E-state index contributed by atoms with van der Waals surface area (Å²) < 4.78 is 5.67. The standard InChI is InChI=1S/C19H15ClN2O2S/c20-15-6-9-17(10-7-15)25-13-19(23)22-21-12-16-8-11-18(24-16)14-4-2-1-3-5-14/h1-12H,13H2,(H,22,23)/b21-12-. The van der Waals surface area contributed by atoms with Crippen molar-refractivity contribution in [2.75, 3.05) is 5.75 Å². The molecule has 0 saturated carbocycles. The largest absolute Gasteiger partial charge is 0.455 e. The van der Waals surface area contributed by atoms with E-state index in [9.17, 15) is 4.79 Å². The Kier molecular flexibility index (Phi) is 5.93. The van der Waals surface area contributed by atoms with E-state index in [-0.39, 0.29) is 11.7 Å². The molecule has 0 bridgehead atoms. The first-order valence-corrected chi connectivity index (χ1v) is 8.92. The van der Waals surface area contributed by atoms with Gasteiger partial charge in [0.25, 0.3) is 0 Å². The second kappa shape index (κ2) is 8.55. The number of thioether (sulfide) groups is 1. The molecule has 126 valence electrons. The van der Waals surface area contributed by atoms with Crippen LogP contribution in [0.4, 0.5) is 0 Å². The van der Waals surface area contributed by atoms with E-state index in [1.165, 1.54) is 18.0 Å². The average Bonchev–Trinajstić information content (AvgIpc) is 3.11. The van der Waals surface area contributed by atoms with E-state index in [4.69, 9.17) is 16.0 Å². The van der Waals surface area contributed by atoms with Gasteiger partial charge >= 0.3 is 0 Å². The number of carbonyl (C=O) groups is 1. The van der Waals surface area contributed by atoms with E-state index in [0.29, 0.717) is 10.8 Å². The maximum Gasteiger partial charge on any atom is 0.250 e. The predicted molar refractivity (Wildman–Crippen MR) is 102 cm³/mol. The van der Waals surface area contributed by atoms with Gasteiger partial charge in [-0.15, -0.1) is 11.8 Å². The van der Waals surface area contributed by atoms with Gasteiger partial charge in [0.15, 0.2) is 0 Å². The van der Waals surface area contributed by atoms with E-state index >= 15 is 0 Å². The molecule has 25 heavy (non-hydrogen) atoms. The zero-order valence-electron chi connectivity index (χ0n) is 13.2. The molecule has 0 radical (unpaired) electrons. The molecule has 0 aliphatic rings. The fraction of sp³-hybridized carbons (Fsp3) is 0.0526. The Hall–Kier alpha value is -2.50. The van der Waals surface area contributed by atoms with Crippen LogP contribution in [-0.4, -0.2) is 17.9 Å². The molecule has 4 nitrogen and oxygen atoms in total. The minimum Gasteiger partial charge on any atom is -0.455 e. The molecule has 2 aromatic carbocycles. The molecule has 1 amide bonds. The van der Waals surface area contributed by atoms with Gasteiger partial charge in [-0.25, -0.2) is 5.43 Å². The molecule has 0 spiro atoms. The van der Waals surface area contributed by atoms with Crippen LogP contribution in [0, 0.1) is 0 Å². The van der Waals surface area contributed by atoms with Crippen molar-refractivity contribution in [3.8, 4) is 11.3 Å². The Morgan fingerprint density at radius 2 is 1.84 bits per heavy atom. The molecule has 1 aromatic heterocycles. The highest BCUT2D eigenvalue weighted by Crippen LogP contribution is 2.21. The topological polar surface area (TPSA) is 54.6 Å². The van der Waals surface area contributed by atoms with Crippen LogP contribution in [0.1, 0.15) is 5.76 Å². The third-order valence-electron chi connectivity index (χ3n) is 3.25. The van der Waals surface area contributed by atoms with Gasteiger partial charge < -0.3 is 4.42 Å². The molecule has 0 fully saturated rings. The quantitative estimate of drug-likeness (QED) is 0.383. The Bertz CT molecular complexity index is 861. The van der Waals surface area contributed by atoms with Gasteiger partial charge in [-0.05, 0) is 36.4 Å². The number of hydrogen-bond donors (Lipinski definition) is 1. The SMILES string of the molecule is O=C(CSc1ccc(Cl)cc1)N/N=C\c1ccc(-c2ccccc2)o1. The van der Waals surface area contributed by atoms with E-state index in [1.807, 2.05) is 48.5 Å². The number of hydrogen-bond acceptors (Lipinski definition) is 4. The van der Waals surface area contributed by atoms with Gasteiger partial charge in [-0.3, -0.25) is 4.79 Å². The lowest BCUT2D eigenvalue weighted by atomic mass is 10.2. The molecule has 1 N–H and O–H groups in total. The van der Waals surface area contributed by atoms with Crippen molar-refractivity contribution in [3.63, 3.8) is 0 Å². The molecule has 0 aliphatic heterocycles. The van der Waals surface area contributed by atoms with Crippen molar-refractivity contribution in [1.29, 1.82) is 0 Å². The lowest BCUT2D eigenvalue weighted by Crippen LogP contribution is -2.19. The molecule has 0 aliphatic carbocycles. The van der Waals surface area contributed by atoms with Crippen molar-refractivity contribution in [2.24, 2.45) is 5.10 Å². The molecule has 3 aromatic rings. The first-order chi connectivity index (χ1) is 12.2. The molecule has 0 unspecified atom stereocenters. The zero-order valence-corrected chi connectivity index (χ0v) is 14.8. The van der Waals surface area contributed by atoms with E-state index in [0.717, 1.165) is 16.2 Å². The van der Waals surface area contributed by atoms with Crippen LogP contribution in [0.5, 0.6) is 0 Å². The number of amides is 1. The van der Waals surface area contributed by atoms with Gasteiger partial charge in [0.1, 0.15) is 11.5 Å². The van der Waals surface area contributed by atoms with Gasteiger partial charge in [0.2, 0.25) is 5.91 Å². The van der Waals surface area contributed by atoms with E-state index in [2.05, 4.69) is 10.5 Å². The Labute approximate surface area is 154 Å². The van der Waals surface area contributed by atoms with Crippen LogP contribution in [0.2, 0.25) is 5.02 Å². The minimum atomic E-state index is -0.189. The molecule has 0 atom stereocenters. The highest BCUT2D eigenvalue weighted by Gasteiger charge is 2.04. The number of halogens is 1. The number of nitrogens with one attached hydrogen (secondary N) is 1. The fourth-order valence-electron chi connectivity index (χ4n) is 2.06. The first-order valence-electron chi connectivity index (χ1n) is 7.56. The lowest BCUT2D eigenvalue weighted by Gasteiger charge is -2.00. The summed E-state index contributed by atoms with van der Waals surface area (Å²) in [7, 11) is 0. The number of nitrogens with zero attached hydrogens (tertiary/aromatic N) is 1. The third kappa shape index (κ3) is 5.24. The zero-order chi connectivity index (χ0) is 17.5. The highest BCUT2D eigenvalue weighted by molar-refractivity contribution is 8.00. The van der Waals surface area contributed by atoms with Gasteiger partial charge in [-0.2, -0.15) is 5.10 Å². The number of furan rings is 1. The van der Waals surface area contributed by atoms with Crippen molar-refractivity contribution in [1.82, 2.24) is 5.43 Å². The molecule has 1 heterocycles. The van der Waals surface area contributed by atoms with Crippen molar-refractivity contribution >= 4 is 35.5 Å². The minimum absolute atomic E-state index is 0.189. The second-order valence-electron chi connectivity index (χ2n) is 5.10. The van der Waals surface area contributed by atoms with Crippen LogP contribution in [0.25, 0.3) is 11.3 Å². The van der Waals surface area contributed by atoms with E-state index in [1.54, 1.807) is 18.2 Å². The third-order valence-corrected chi connectivity index (χ3v) is 4.51. The fourth-order valence-corrected chi connectivity index (χ4v) is 2.88. The molecule has 6 heteroatoms. The van der Waals surface area contributed by atoms with Crippen LogP contribution < -0.4 is 5.43 Å². The molecule has 3 rings (SSSR count). The predicted octanol–water partition coefficient (Wildman–Crippen LogP) is 4.84. The summed E-state index contributed by atoms with van der Waals surface area (Å²) in [6.45, 7) is 0. The summed E-state index contributed by atoms with van der Waals surface area (Å²) in [6, 6.07) is 20.8. The summed E-state index contributed by atoms with van der Waals surface area (Å²) in [6.07, 6.45) is 1.48. The Balaban J connectivity index is 1.48. The average molecular weight is 371 g/mol. The highest BCUT2D eigenvalue weighted by atomic mass is 35.5. The molecular formula is C19H15ClN2O2S. The number of hydrazone groups is 1. The summed E-state index contributed by atoms with van der Waals surface area (Å²) >= 11 is 7.24. The summed E-state index contributed by atoms with van der Waals surface area (Å²) in [5.41, 5.74) is 3.48. The van der Waals surface area contributed by atoms with Crippen LogP contribution in [-0.2, 0) is 4.79 Å². The molecular weight excluding hydrogens is 356 g/mol. The van der Waals surface area contributed by atoms with Crippen molar-refractivity contribution in [3.05, 3.63) is 77.5 Å². The number of carbonyl (C=O) groups excluding carboxylic acids is 1. The number of rotatable bonds is 6. The molecule has 0 saturated heterocycles. The Morgan fingerprint density at radius 1 is 1.08 bits per heavy atom. The van der Waals surface area contributed by atoms with Gasteiger partial charge in [-0.1, -0.05) is 41.9 Å². The second-order valence-corrected chi connectivity index (χ2v) is 6.59. The summed E-state index contributed by atoms with van der Waals surface area (Å²) in [5.74, 6) is 1.41. The monoisotopic (exact) mass is 370 g/mol. The Morgan fingerprint density at radius 3 is 2.60 bits per heavy atom.